The van der Waals surface area contributed by atoms with E-state index in [1.165, 1.54) is 25.7 Å². The van der Waals surface area contributed by atoms with Gasteiger partial charge in [-0.05, 0) is 25.7 Å². The average Bonchev–Trinajstić information content (AvgIpc) is 2.30. The molecule has 0 aromatic carbocycles. The van der Waals surface area contributed by atoms with Gasteiger partial charge >= 0.3 is 5.97 Å². The molecule has 0 aromatic heterocycles. The Kier molecular flexibility index (Phi) is 10.6. The van der Waals surface area contributed by atoms with Gasteiger partial charge in [0.2, 0.25) is 0 Å². The minimum Gasteiger partial charge on any atom is -0.462 e. The van der Waals surface area contributed by atoms with E-state index in [4.69, 9.17) is 4.74 Å². The molecule has 0 N–H and O–H groups in total. The molecule has 0 saturated heterocycles. The summed E-state index contributed by atoms with van der Waals surface area (Å²) in [6.07, 6.45) is 9.73. The summed E-state index contributed by atoms with van der Waals surface area (Å²) >= 11 is 0. The molecule has 0 aliphatic carbocycles. The van der Waals surface area contributed by atoms with E-state index in [1.807, 2.05) is 0 Å². The minimum atomic E-state index is -0.0100. The van der Waals surface area contributed by atoms with Gasteiger partial charge in [0.15, 0.2) is 0 Å². The van der Waals surface area contributed by atoms with E-state index in [1.54, 1.807) is 0 Å². The first-order valence-electron chi connectivity index (χ1n) is 6.94. The number of rotatable bonds is 10. The van der Waals surface area contributed by atoms with E-state index in [2.05, 4.69) is 20.8 Å². The van der Waals surface area contributed by atoms with Gasteiger partial charge in [0.05, 0.1) is 0 Å². The van der Waals surface area contributed by atoms with E-state index in [-0.39, 0.29) is 12.1 Å². The van der Waals surface area contributed by atoms with Crippen LogP contribution in [-0.2, 0) is 9.53 Å². The Balaban J connectivity index is 3.60. The fraction of sp³-hybridized carbons (Fsp3) is 0.929. The molecule has 0 aromatic rings. The molecule has 0 rings (SSSR count). The van der Waals surface area contributed by atoms with Crippen molar-refractivity contribution in [1.29, 1.82) is 0 Å². The third kappa shape index (κ3) is 8.75. The normalized spacial score (nSPS) is 12.4. The summed E-state index contributed by atoms with van der Waals surface area (Å²) in [5.74, 6) is -0.0100. The molecule has 0 bridgehead atoms. The Morgan fingerprint density at radius 1 is 1.00 bits per heavy atom. The maximum absolute atomic E-state index is 11.4. The summed E-state index contributed by atoms with van der Waals surface area (Å²) in [4.78, 5) is 11.4. The molecule has 1 atom stereocenters. The van der Waals surface area contributed by atoms with Crippen LogP contribution in [0.1, 0.15) is 78.6 Å². The molecule has 0 unspecified atom stereocenters. The van der Waals surface area contributed by atoms with Gasteiger partial charge in [-0.15, -0.1) is 0 Å². The fourth-order valence-corrected chi connectivity index (χ4v) is 1.71. The Labute approximate surface area is 101 Å². The molecule has 0 fully saturated rings. The lowest BCUT2D eigenvalue weighted by molar-refractivity contribution is -0.149. The van der Waals surface area contributed by atoms with Crippen molar-refractivity contribution >= 4 is 5.97 Å². The van der Waals surface area contributed by atoms with E-state index >= 15 is 0 Å². The topological polar surface area (TPSA) is 26.3 Å². The number of ether oxygens (including phenoxy) is 1. The Hall–Kier alpha value is -0.530. The first kappa shape index (κ1) is 15.5. The number of carbonyl (C=O) groups is 1. The molecule has 0 radical (unpaired) electrons. The largest absolute Gasteiger partial charge is 0.462 e. The third-order valence-electron chi connectivity index (χ3n) is 2.87. The molecule has 0 saturated carbocycles. The highest BCUT2D eigenvalue weighted by Crippen LogP contribution is 2.12. The van der Waals surface area contributed by atoms with Crippen LogP contribution in [0.5, 0.6) is 0 Å². The highest BCUT2D eigenvalue weighted by molar-refractivity contribution is 5.69. The highest BCUT2D eigenvalue weighted by atomic mass is 16.5. The molecule has 0 heterocycles. The molecule has 96 valence electrons. The van der Waals surface area contributed by atoms with Gasteiger partial charge < -0.3 is 4.74 Å². The number of unbranched alkanes of at least 4 members (excludes halogenated alkanes) is 4. The molecule has 16 heavy (non-hydrogen) atoms. The summed E-state index contributed by atoms with van der Waals surface area (Å²) in [6.45, 7) is 6.40. The van der Waals surface area contributed by atoms with E-state index in [0.717, 1.165) is 25.7 Å². The molecule has 0 spiro atoms. The van der Waals surface area contributed by atoms with Crippen LogP contribution in [0.2, 0.25) is 0 Å². The second kappa shape index (κ2) is 11.0. The first-order valence-corrected chi connectivity index (χ1v) is 6.94. The van der Waals surface area contributed by atoms with Crippen molar-refractivity contribution in [2.45, 2.75) is 84.7 Å². The summed E-state index contributed by atoms with van der Waals surface area (Å²) in [5, 5.41) is 0. The van der Waals surface area contributed by atoms with Crippen LogP contribution in [0.15, 0.2) is 0 Å². The van der Waals surface area contributed by atoms with Crippen molar-refractivity contribution in [2.75, 3.05) is 0 Å². The fourth-order valence-electron chi connectivity index (χ4n) is 1.71. The van der Waals surface area contributed by atoms with E-state index in [9.17, 15) is 4.79 Å². The smallest absolute Gasteiger partial charge is 0.306 e. The standard InChI is InChI=1S/C14H28O2/c1-4-7-9-10-11-13(6-3)16-14(15)12-8-5-2/h13H,4-12H2,1-3H3/t13-/m0/s1. The highest BCUT2D eigenvalue weighted by Gasteiger charge is 2.11. The van der Waals surface area contributed by atoms with Gasteiger partial charge in [-0.3, -0.25) is 4.79 Å². The summed E-state index contributed by atoms with van der Waals surface area (Å²) in [5.41, 5.74) is 0. The molecule has 0 aliphatic rings. The quantitative estimate of drug-likeness (QED) is 0.407. The monoisotopic (exact) mass is 228 g/mol. The molecule has 0 aliphatic heterocycles. The van der Waals surface area contributed by atoms with Crippen molar-refractivity contribution in [3.8, 4) is 0 Å². The van der Waals surface area contributed by atoms with E-state index < -0.39 is 0 Å². The number of carbonyl (C=O) groups excluding carboxylic acids is 1. The first-order chi connectivity index (χ1) is 7.74. The summed E-state index contributed by atoms with van der Waals surface area (Å²) < 4.78 is 5.44. The molecular formula is C14H28O2. The lowest BCUT2D eigenvalue weighted by atomic mass is 10.1. The van der Waals surface area contributed by atoms with Crippen LogP contribution >= 0.6 is 0 Å². The molecule has 2 nitrogen and oxygen atoms in total. The van der Waals surface area contributed by atoms with Gasteiger partial charge in [0.25, 0.3) is 0 Å². The lowest BCUT2D eigenvalue weighted by Gasteiger charge is -2.15. The zero-order chi connectivity index (χ0) is 12.2. The lowest BCUT2D eigenvalue weighted by Crippen LogP contribution is -2.17. The number of hydrogen-bond donors (Lipinski definition) is 0. The summed E-state index contributed by atoms with van der Waals surface area (Å²) in [6, 6.07) is 0. The van der Waals surface area contributed by atoms with Gasteiger partial charge in [0.1, 0.15) is 6.10 Å². The molecule has 2 heteroatoms. The zero-order valence-corrected chi connectivity index (χ0v) is 11.3. The second-order valence-electron chi connectivity index (χ2n) is 4.47. The van der Waals surface area contributed by atoms with Crippen LogP contribution in [0.4, 0.5) is 0 Å². The predicted molar refractivity (Wildman–Crippen MR) is 68.5 cm³/mol. The maximum atomic E-state index is 11.4. The molecule has 0 amide bonds. The van der Waals surface area contributed by atoms with Gasteiger partial charge in [0, 0.05) is 6.42 Å². The number of esters is 1. The van der Waals surface area contributed by atoms with Crippen LogP contribution in [0, 0.1) is 0 Å². The van der Waals surface area contributed by atoms with Gasteiger partial charge in [-0.1, -0.05) is 46.5 Å². The van der Waals surface area contributed by atoms with Crippen LogP contribution in [0.3, 0.4) is 0 Å². The van der Waals surface area contributed by atoms with Crippen LogP contribution < -0.4 is 0 Å². The van der Waals surface area contributed by atoms with Crippen molar-refractivity contribution in [3.05, 3.63) is 0 Å². The minimum absolute atomic E-state index is 0.0100. The zero-order valence-electron chi connectivity index (χ0n) is 11.3. The van der Waals surface area contributed by atoms with E-state index in [0.29, 0.717) is 6.42 Å². The Morgan fingerprint density at radius 2 is 1.69 bits per heavy atom. The maximum Gasteiger partial charge on any atom is 0.306 e. The van der Waals surface area contributed by atoms with Crippen molar-refractivity contribution in [3.63, 3.8) is 0 Å². The average molecular weight is 228 g/mol. The summed E-state index contributed by atoms with van der Waals surface area (Å²) in [7, 11) is 0. The van der Waals surface area contributed by atoms with Crippen molar-refractivity contribution in [1.82, 2.24) is 0 Å². The SMILES string of the molecule is CCCCCC[C@H](CC)OC(=O)CCCC. The third-order valence-corrected chi connectivity index (χ3v) is 2.87. The van der Waals surface area contributed by atoms with Crippen molar-refractivity contribution in [2.24, 2.45) is 0 Å². The Bertz CT molecular complexity index is 166. The van der Waals surface area contributed by atoms with Gasteiger partial charge in [-0.2, -0.15) is 0 Å². The molecular weight excluding hydrogens is 200 g/mol. The Morgan fingerprint density at radius 3 is 2.25 bits per heavy atom. The van der Waals surface area contributed by atoms with Gasteiger partial charge in [-0.25, -0.2) is 0 Å². The second-order valence-corrected chi connectivity index (χ2v) is 4.47. The van der Waals surface area contributed by atoms with Crippen molar-refractivity contribution < 1.29 is 9.53 Å². The predicted octanol–water partition coefficient (Wildman–Crippen LogP) is 4.47. The van der Waals surface area contributed by atoms with Crippen LogP contribution in [0.25, 0.3) is 0 Å². The van der Waals surface area contributed by atoms with Crippen LogP contribution in [-0.4, -0.2) is 12.1 Å². The number of hydrogen-bond acceptors (Lipinski definition) is 2.